The third-order valence-electron chi connectivity index (χ3n) is 4.66. The van der Waals surface area contributed by atoms with E-state index in [4.69, 9.17) is 16.3 Å². The first-order valence-corrected chi connectivity index (χ1v) is 9.14. The van der Waals surface area contributed by atoms with Gasteiger partial charge in [0.1, 0.15) is 12.4 Å². The first-order valence-electron chi connectivity index (χ1n) is 8.76. The molecule has 5 heteroatoms. The lowest BCUT2D eigenvalue weighted by atomic mass is 10.0. The van der Waals surface area contributed by atoms with Gasteiger partial charge in [0.05, 0.1) is 0 Å². The molecule has 1 heterocycles. The molecular weight excluding hydrogens is 322 g/mol. The van der Waals surface area contributed by atoms with Crippen molar-refractivity contribution in [3.63, 3.8) is 0 Å². The van der Waals surface area contributed by atoms with Gasteiger partial charge < -0.3 is 14.5 Å². The molecule has 0 N–H and O–H groups in total. The standard InChI is InChI=1S/C19H32ClN3O/c1-15-17(22-7-9-23(10-8-22)19(2,3)4)13-16(20)14-18(15)24-12-11-21(5)6/h13-14H,7-12H2,1-6H3. The van der Waals surface area contributed by atoms with Crippen LogP contribution < -0.4 is 9.64 Å². The van der Waals surface area contributed by atoms with E-state index in [9.17, 15) is 0 Å². The molecule has 0 amide bonds. The molecule has 0 bridgehead atoms. The highest BCUT2D eigenvalue weighted by molar-refractivity contribution is 6.31. The van der Waals surface area contributed by atoms with Gasteiger partial charge in [-0.3, -0.25) is 4.90 Å². The molecule has 0 atom stereocenters. The van der Waals surface area contributed by atoms with Crippen molar-refractivity contribution in [2.75, 3.05) is 58.3 Å². The quantitative estimate of drug-likeness (QED) is 0.806. The van der Waals surface area contributed by atoms with Gasteiger partial charge in [-0.25, -0.2) is 0 Å². The summed E-state index contributed by atoms with van der Waals surface area (Å²) in [5.41, 5.74) is 2.62. The number of nitrogens with zero attached hydrogens (tertiary/aromatic N) is 3. The number of ether oxygens (including phenoxy) is 1. The molecule has 1 aliphatic rings. The van der Waals surface area contributed by atoms with Gasteiger partial charge in [0, 0.05) is 54.5 Å². The van der Waals surface area contributed by atoms with E-state index < -0.39 is 0 Å². The Balaban J connectivity index is 2.09. The Kier molecular flexibility index (Phi) is 6.40. The van der Waals surface area contributed by atoms with E-state index in [-0.39, 0.29) is 5.54 Å². The van der Waals surface area contributed by atoms with E-state index in [2.05, 4.69) is 48.5 Å². The Hall–Kier alpha value is -0.970. The van der Waals surface area contributed by atoms with Gasteiger partial charge in [0.15, 0.2) is 0 Å². The van der Waals surface area contributed by atoms with Crippen LogP contribution in [-0.4, -0.2) is 68.8 Å². The van der Waals surface area contributed by atoms with Gasteiger partial charge in [-0.05, 0) is 53.9 Å². The Labute approximate surface area is 152 Å². The van der Waals surface area contributed by atoms with Crippen molar-refractivity contribution in [3.8, 4) is 5.75 Å². The number of halogens is 1. The molecule has 2 rings (SSSR count). The van der Waals surface area contributed by atoms with Gasteiger partial charge in [0.2, 0.25) is 0 Å². The van der Waals surface area contributed by atoms with Gasteiger partial charge in [-0.15, -0.1) is 0 Å². The second kappa shape index (κ2) is 7.94. The molecule has 0 radical (unpaired) electrons. The van der Waals surface area contributed by atoms with Crippen LogP contribution in [0.2, 0.25) is 5.02 Å². The lowest BCUT2D eigenvalue weighted by Crippen LogP contribution is -2.53. The third kappa shape index (κ3) is 5.01. The van der Waals surface area contributed by atoms with Crippen LogP contribution in [0.5, 0.6) is 5.75 Å². The fraction of sp³-hybridized carbons (Fsp3) is 0.684. The van der Waals surface area contributed by atoms with Crippen LogP contribution >= 0.6 is 11.6 Å². The average molecular weight is 354 g/mol. The first kappa shape index (κ1) is 19.4. The van der Waals surface area contributed by atoms with E-state index >= 15 is 0 Å². The summed E-state index contributed by atoms with van der Waals surface area (Å²) in [6.07, 6.45) is 0. The molecule has 0 aliphatic carbocycles. The zero-order valence-electron chi connectivity index (χ0n) is 16.0. The van der Waals surface area contributed by atoms with Crippen LogP contribution in [0.15, 0.2) is 12.1 Å². The number of piperazine rings is 1. The van der Waals surface area contributed by atoms with Crippen molar-refractivity contribution in [1.29, 1.82) is 0 Å². The molecule has 1 fully saturated rings. The van der Waals surface area contributed by atoms with E-state index in [0.717, 1.165) is 43.5 Å². The van der Waals surface area contributed by atoms with Crippen LogP contribution in [0.1, 0.15) is 26.3 Å². The van der Waals surface area contributed by atoms with Crippen molar-refractivity contribution < 1.29 is 4.74 Å². The maximum absolute atomic E-state index is 6.36. The Bertz CT molecular complexity index is 546. The predicted octanol–water partition coefficient (Wildman–Crippen LogP) is 3.51. The molecule has 0 spiro atoms. The second-order valence-corrected chi connectivity index (χ2v) is 8.28. The number of anilines is 1. The summed E-state index contributed by atoms with van der Waals surface area (Å²) in [7, 11) is 4.10. The van der Waals surface area contributed by atoms with E-state index in [1.54, 1.807) is 0 Å². The highest BCUT2D eigenvalue weighted by Gasteiger charge is 2.27. The fourth-order valence-electron chi connectivity index (χ4n) is 3.07. The molecule has 0 unspecified atom stereocenters. The number of hydrogen-bond acceptors (Lipinski definition) is 4. The molecule has 0 aromatic heterocycles. The number of rotatable bonds is 5. The zero-order valence-corrected chi connectivity index (χ0v) is 16.8. The van der Waals surface area contributed by atoms with E-state index in [1.807, 2.05) is 20.2 Å². The molecule has 136 valence electrons. The lowest BCUT2D eigenvalue weighted by Gasteiger charge is -2.43. The lowest BCUT2D eigenvalue weighted by molar-refractivity contribution is 0.128. The number of likely N-dealkylation sites (N-methyl/N-ethyl adjacent to an activating group) is 1. The van der Waals surface area contributed by atoms with Gasteiger partial charge >= 0.3 is 0 Å². The van der Waals surface area contributed by atoms with Crippen molar-refractivity contribution in [2.24, 2.45) is 0 Å². The molecule has 1 aromatic rings. The minimum absolute atomic E-state index is 0.232. The Morgan fingerprint density at radius 3 is 2.29 bits per heavy atom. The molecule has 0 saturated carbocycles. The van der Waals surface area contributed by atoms with Crippen LogP contribution in [0, 0.1) is 6.92 Å². The SMILES string of the molecule is Cc1c(OCCN(C)C)cc(Cl)cc1N1CCN(C(C)(C)C)CC1. The van der Waals surface area contributed by atoms with Crippen LogP contribution in [0.3, 0.4) is 0 Å². The first-order chi connectivity index (χ1) is 11.2. The fourth-order valence-corrected chi connectivity index (χ4v) is 3.28. The van der Waals surface area contributed by atoms with Crippen LogP contribution in [-0.2, 0) is 0 Å². The summed E-state index contributed by atoms with van der Waals surface area (Å²) in [5, 5.41) is 0.744. The Morgan fingerprint density at radius 1 is 1.12 bits per heavy atom. The molecule has 4 nitrogen and oxygen atoms in total. The largest absolute Gasteiger partial charge is 0.492 e. The summed E-state index contributed by atoms with van der Waals surface area (Å²) in [4.78, 5) is 7.09. The van der Waals surface area contributed by atoms with Crippen LogP contribution in [0.4, 0.5) is 5.69 Å². The van der Waals surface area contributed by atoms with Crippen molar-refractivity contribution >= 4 is 17.3 Å². The zero-order chi connectivity index (χ0) is 17.9. The monoisotopic (exact) mass is 353 g/mol. The molecule has 1 aromatic carbocycles. The maximum Gasteiger partial charge on any atom is 0.125 e. The van der Waals surface area contributed by atoms with Gasteiger partial charge in [-0.1, -0.05) is 11.6 Å². The minimum atomic E-state index is 0.232. The highest BCUT2D eigenvalue weighted by Crippen LogP contribution is 2.34. The summed E-state index contributed by atoms with van der Waals surface area (Å²) in [6.45, 7) is 14.7. The van der Waals surface area contributed by atoms with Crippen molar-refractivity contribution in [3.05, 3.63) is 22.7 Å². The van der Waals surface area contributed by atoms with Crippen molar-refractivity contribution in [1.82, 2.24) is 9.80 Å². The molecule has 1 aliphatic heterocycles. The Morgan fingerprint density at radius 2 is 1.75 bits per heavy atom. The molecular formula is C19H32ClN3O. The van der Waals surface area contributed by atoms with Crippen LogP contribution in [0.25, 0.3) is 0 Å². The summed E-state index contributed by atoms with van der Waals surface area (Å²) in [5.74, 6) is 0.901. The number of hydrogen-bond donors (Lipinski definition) is 0. The normalized spacial score (nSPS) is 16.8. The molecule has 1 saturated heterocycles. The van der Waals surface area contributed by atoms with E-state index in [0.29, 0.717) is 6.61 Å². The molecule has 24 heavy (non-hydrogen) atoms. The van der Waals surface area contributed by atoms with Gasteiger partial charge in [-0.2, -0.15) is 0 Å². The summed E-state index contributed by atoms with van der Waals surface area (Å²) < 4.78 is 5.97. The van der Waals surface area contributed by atoms with Gasteiger partial charge in [0.25, 0.3) is 0 Å². The van der Waals surface area contributed by atoms with Crippen molar-refractivity contribution in [2.45, 2.75) is 33.2 Å². The summed E-state index contributed by atoms with van der Waals surface area (Å²) >= 11 is 6.36. The van der Waals surface area contributed by atoms with E-state index in [1.165, 1.54) is 11.3 Å². The predicted molar refractivity (Wildman–Crippen MR) is 104 cm³/mol. The second-order valence-electron chi connectivity index (χ2n) is 7.84. The average Bonchev–Trinajstić information content (AvgIpc) is 2.49. The maximum atomic E-state index is 6.36. The number of benzene rings is 1. The minimum Gasteiger partial charge on any atom is -0.492 e. The topological polar surface area (TPSA) is 19.0 Å². The highest BCUT2D eigenvalue weighted by atomic mass is 35.5. The summed E-state index contributed by atoms with van der Waals surface area (Å²) in [6, 6.07) is 4.00. The smallest absolute Gasteiger partial charge is 0.125 e. The third-order valence-corrected chi connectivity index (χ3v) is 4.88.